The van der Waals surface area contributed by atoms with Crippen molar-refractivity contribution >= 4 is 71.5 Å². The third-order valence-corrected chi connectivity index (χ3v) is 10.1. The zero-order valence-electron chi connectivity index (χ0n) is 22.2. The number of thioether (sulfide) groups is 1. The van der Waals surface area contributed by atoms with Gasteiger partial charge in [0, 0.05) is 18.0 Å². The van der Waals surface area contributed by atoms with E-state index >= 15 is 0 Å². The molecule has 9 nitrogen and oxygen atoms in total. The first-order valence-electron chi connectivity index (χ1n) is 13.0. The summed E-state index contributed by atoms with van der Waals surface area (Å²) >= 11 is 7.93. The molecule has 13 heteroatoms. The average molecular weight is 638 g/mol. The number of hydrogen-bond acceptors (Lipinski definition) is 7. The third-order valence-electron chi connectivity index (χ3n) is 6.91. The largest absolute Gasteiger partial charge is 0.398 e. The summed E-state index contributed by atoms with van der Waals surface area (Å²) in [7, 11) is -8.19. The van der Waals surface area contributed by atoms with E-state index in [0.29, 0.717) is 29.6 Å². The molecule has 2 aliphatic rings. The Morgan fingerprint density at radius 1 is 1.10 bits per heavy atom. The summed E-state index contributed by atoms with van der Waals surface area (Å²) in [4.78, 5) is 2.09. The maximum Gasteiger partial charge on any atom is 0.374 e. The Kier molecular flexibility index (Phi) is 8.70. The molecule has 0 amide bonds. The van der Waals surface area contributed by atoms with Crippen LogP contribution in [0.1, 0.15) is 25.7 Å². The number of nitrogens with zero attached hydrogens (tertiary/aromatic N) is 2. The van der Waals surface area contributed by atoms with Crippen molar-refractivity contribution in [1.29, 1.82) is 0 Å². The number of oxazole rings is 1. The predicted octanol–water partition coefficient (Wildman–Crippen LogP) is 5.15. The number of hydrogen-bond donors (Lipinski definition) is 2. The van der Waals surface area contributed by atoms with Crippen molar-refractivity contribution in [2.24, 2.45) is 0 Å². The van der Waals surface area contributed by atoms with Gasteiger partial charge in [-0.2, -0.15) is 21.4 Å². The van der Waals surface area contributed by atoms with E-state index in [9.17, 15) is 25.9 Å². The molecule has 1 fully saturated rings. The SMILES string of the molecule is CC(/C=C1\SC2C=CC(Cl)=CC2N1CCCS(=O)(=O)O)=C\c1oc2ccc3ccccc3c2[n+]1CCCS(=O)(=O)O. The topological polar surface area (TPSA) is 129 Å². The fourth-order valence-corrected chi connectivity index (χ4v) is 7.77. The van der Waals surface area contributed by atoms with Crippen LogP contribution in [-0.2, 0) is 26.8 Å². The Morgan fingerprint density at radius 2 is 1.83 bits per heavy atom. The van der Waals surface area contributed by atoms with Crippen LogP contribution in [-0.4, -0.2) is 60.2 Å². The number of fused-ring (bicyclic) bond motifs is 4. The molecule has 3 aromatic rings. The van der Waals surface area contributed by atoms with Crippen LogP contribution in [0.2, 0.25) is 0 Å². The highest BCUT2D eigenvalue weighted by Gasteiger charge is 2.36. The fraction of sp³-hybridized carbons (Fsp3) is 0.321. The van der Waals surface area contributed by atoms with Crippen molar-refractivity contribution in [1.82, 2.24) is 4.90 Å². The molecule has 2 N–H and O–H groups in total. The Bertz CT molecular complexity index is 1830. The zero-order valence-corrected chi connectivity index (χ0v) is 25.4. The van der Waals surface area contributed by atoms with Crippen LogP contribution in [0.15, 0.2) is 80.8 Å². The van der Waals surface area contributed by atoms with Crippen LogP contribution < -0.4 is 4.57 Å². The number of allylic oxidation sites excluding steroid dienone is 4. The fourth-order valence-electron chi connectivity index (χ4n) is 5.18. The second-order valence-corrected chi connectivity index (χ2v) is 14.8. The highest BCUT2D eigenvalue weighted by molar-refractivity contribution is 8.04. The van der Waals surface area contributed by atoms with Gasteiger partial charge in [-0.15, -0.1) is 0 Å². The lowest BCUT2D eigenvalue weighted by Crippen LogP contribution is -2.36. The van der Waals surface area contributed by atoms with Gasteiger partial charge in [0.05, 0.1) is 39.3 Å². The van der Waals surface area contributed by atoms with Crippen molar-refractivity contribution in [2.45, 2.75) is 37.6 Å². The van der Waals surface area contributed by atoms with Crippen molar-refractivity contribution in [2.75, 3.05) is 18.1 Å². The Balaban J connectivity index is 1.52. The molecule has 1 aliphatic heterocycles. The molecule has 2 atom stereocenters. The van der Waals surface area contributed by atoms with Crippen molar-refractivity contribution < 1.29 is 34.9 Å². The van der Waals surface area contributed by atoms with Gasteiger partial charge in [0.2, 0.25) is 5.58 Å². The van der Waals surface area contributed by atoms with E-state index in [1.165, 1.54) is 0 Å². The lowest BCUT2D eigenvalue weighted by atomic mass is 10.1. The van der Waals surface area contributed by atoms with Crippen LogP contribution >= 0.6 is 23.4 Å². The summed E-state index contributed by atoms with van der Waals surface area (Å²) in [5.74, 6) is -0.176. The van der Waals surface area contributed by atoms with Crippen LogP contribution in [0.4, 0.5) is 0 Å². The van der Waals surface area contributed by atoms with Gasteiger partial charge in [-0.3, -0.25) is 9.11 Å². The molecule has 41 heavy (non-hydrogen) atoms. The number of halogens is 1. The van der Waals surface area contributed by atoms with Gasteiger partial charge < -0.3 is 9.32 Å². The Hall–Kier alpha value is -2.61. The Labute approximate surface area is 248 Å². The van der Waals surface area contributed by atoms with E-state index in [1.54, 1.807) is 11.8 Å². The quantitative estimate of drug-likeness (QED) is 0.229. The van der Waals surface area contributed by atoms with Crippen molar-refractivity contribution in [3.63, 3.8) is 0 Å². The molecular weight excluding hydrogens is 608 g/mol. The lowest BCUT2D eigenvalue weighted by Gasteiger charge is -2.27. The second kappa shape index (κ2) is 11.9. The van der Waals surface area contributed by atoms with Gasteiger partial charge in [-0.25, -0.2) is 0 Å². The summed E-state index contributed by atoms with van der Waals surface area (Å²) in [6.07, 6.45) is 10.2. The average Bonchev–Trinajstić information content (AvgIpc) is 3.40. The predicted molar refractivity (Wildman–Crippen MR) is 163 cm³/mol. The normalized spacial score (nSPS) is 20.8. The van der Waals surface area contributed by atoms with Crippen LogP contribution in [0.25, 0.3) is 27.9 Å². The monoisotopic (exact) mass is 637 g/mol. The maximum atomic E-state index is 11.4. The number of aromatic nitrogens is 1. The van der Waals surface area contributed by atoms with Gasteiger partial charge in [0.15, 0.2) is 6.54 Å². The number of aryl methyl sites for hydroxylation is 1. The second-order valence-electron chi connectivity index (χ2n) is 10.1. The first-order chi connectivity index (χ1) is 19.4. The van der Waals surface area contributed by atoms with Gasteiger partial charge in [-0.05, 0) is 54.7 Å². The first kappa shape index (κ1) is 29.9. The highest BCUT2D eigenvalue weighted by Crippen LogP contribution is 2.43. The van der Waals surface area contributed by atoms with E-state index < -0.39 is 20.2 Å². The summed E-state index contributed by atoms with van der Waals surface area (Å²) in [6.45, 7) is 2.65. The van der Waals surface area contributed by atoms with Crippen molar-refractivity contribution in [3.05, 3.63) is 82.2 Å². The highest BCUT2D eigenvalue weighted by atomic mass is 35.5. The third kappa shape index (κ3) is 7.25. The minimum atomic E-state index is -4.11. The van der Waals surface area contributed by atoms with Gasteiger partial charge in [0.25, 0.3) is 25.8 Å². The van der Waals surface area contributed by atoms with Gasteiger partial charge >= 0.3 is 5.89 Å². The van der Waals surface area contributed by atoms with Crippen molar-refractivity contribution in [3.8, 4) is 0 Å². The molecule has 1 aliphatic carbocycles. The lowest BCUT2D eigenvalue weighted by molar-refractivity contribution is -0.677. The smallest absolute Gasteiger partial charge is 0.374 e. The molecular formula is C28H30ClN2O7S3+. The molecule has 0 bridgehead atoms. The van der Waals surface area contributed by atoms with Crippen LogP contribution in [0.3, 0.4) is 0 Å². The Morgan fingerprint density at radius 3 is 2.59 bits per heavy atom. The zero-order chi connectivity index (χ0) is 29.4. The van der Waals surface area contributed by atoms with E-state index in [0.717, 1.165) is 26.9 Å². The van der Waals surface area contributed by atoms with Crippen LogP contribution in [0.5, 0.6) is 0 Å². The molecule has 0 saturated carbocycles. The summed E-state index contributed by atoms with van der Waals surface area (Å²) in [6, 6.07) is 11.7. The first-order valence-corrected chi connectivity index (χ1v) is 17.5. The van der Waals surface area contributed by atoms with E-state index in [2.05, 4.69) is 4.90 Å². The molecule has 1 saturated heterocycles. The standard InChI is InChI=1S/C28H29ClN2O7S3/c1-19(17-27-30(12-4-14-40(32,33)34)23-18-21(29)9-11-25(23)39-27)16-26-31(13-5-15-41(35,36)37)28-22-7-3-2-6-20(22)8-10-24(28)38-26/h2-3,6-11,16-18,23,25H,4-5,12-15H2,1H3,(H-,32,33,34,35,36,37)/p+1. The van der Waals surface area contributed by atoms with Gasteiger partial charge in [0.1, 0.15) is 0 Å². The minimum absolute atomic E-state index is 0.0547. The number of rotatable bonds is 10. The minimum Gasteiger partial charge on any atom is -0.398 e. The molecule has 2 aromatic carbocycles. The summed E-state index contributed by atoms with van der Waals surface area (Å²) < 4.78 is 72.2. The molecule has 0 radical (unpaired) electrons. The molecule has 5 rings (SSSR count). The van der Waals surface area contributed by atoms with E-state index in [4.69, 9.17) is 16.0 Å². The van der Waals surface area contributed by atoms with Gasteiger partial charge in [-0.1, -0.05) is 53.7 Å². The van der Waals surface area contributed by atoms with Crippen LogP contribution in [0, 0.1) is 0 Å². The molecule has 0 spiro atoms. The molecule has 2 heterocycles. The summed E-state index contributed by atoms with van der Waals surface area (Å²) in [5.41, 5.74) is 2.35. The summed E-state index contributed by atoms with van der Waals surface area (Å²) in [5, 5.41) is 3.62. The maximum absolute atomic E-state index is 11.4. The van der Waals surface area contributed by atoms with E-state index in [-0.39, 0.29) is 35.6 Å². The molecule has 2 unspecified atom stereocenters. The number of benzene rings is 2. The molecule has 218 valence electrons. The van der Waals surface area contributed by atoms with E-state index in [1.807, 2.05) is 78.3 Å². The molecule has 1 aromatic heterocycles.